The third-order valence-electron chi connectivity index (χ3n) is 3.43. The molecule has 0 aliphatic carbocycles. The van der Waals surface area contributed by atoms with Crippen LogP contribution >= 0.6 is 15.9 Å². The first kappa shape index (κ1) is 14.6. The van der Waals surface area contributed by atoms with Gasteiger partial charge in [-0.1, -0.05) is 15.9 Å². The molecular formula is C15H13BrN4O2. The summed E-state index contributed by atoms with van der Waals surface area (Å²) in [5.41, 5.74) is 0.791. The molecular weight excluding hydrogens is 348 g/mol. The van der Waals surface area contributed by atoms with E-state index in [2.05, 4.69) is 31.2 Å². The molecule has 1 aliphatic rings. The smallest absolute Gasteiger partial charge is 0.232 e. The minimum atomic E-state index is -0.403. The molecule has 1 aromatic heterocycles. The van der Waals surface area contributed by atoms with E-state index in [-0.39, 0.29) is 24.2 Å². The fraction of sp³-hybridized carbons (Fsp3) is 0.200. The van der Waals surface area contributed by atoms with Gasteiger partial charge in [0.2, 0.25) is 17.8 Å². The van der Waals surface area contributed by atoms with E-state index in [0.717, 1.165) is 10.2 Å². The van der Waals surface area contributed by atoms with E-state index in [0.29, 0.717) is 6.54 Å². The topological polar surface area (TPSA) is 75.2 Å². The molecule has 2 aromatic rings. The minimum Gasteiger partial charge on any atom is -0.312 e. The Morgan fingerprint density at radius 1 is 1.23 bits per heavy atom. The molecule has 2 heterocycles. The second-order valence-electron chi connectivity index (χ2n) is 4.94. The molecule has 1 N–H and O–H groups in total. The number of rotatable bonds is 3. The third kappa shape index (κ3) is 3.14. The first-order valence-corrected chi connectivity index (χ1v) is 7.56. The number of hydrogen-bond acceptors (Lipinski definition) is 4. The lowest BCUT2D eigenvalue weighted by Crippen LogP contribution is -2.28. The highest BCUT2D eigenvalue weighted by Crippen LogP contribution is 2.26. The molecule has 2 amide bonds. The maximum Gasteiger partial charge on any atom is 0.232 e. The normalized spacial score (nSPS) is 17.6. The summed E-state index contributed by atoms with van der Waals surface area (Å²) in [5, 5.41) is 2.64. The van der Waals surface area contributed by atoms with Gasteiger partial charge in [-0.25, -0.2) is 9.97 Å². The minimum absolute atomic E-state index is 0.0588. The van der Waals surface area contributed by atoms with Crippen molar-refractivity contribution in [2.75, 3.05) is 16.8 Å². The Hall–Kier alpha value is -2.28. The first-order chi connectivity index (χ1) is 10.6. The number of carbonyl (C=O) groups is 2. The van der Waals surface area contributed by atoms with Crippen molar-refractivity contribution in [2.24, 2.45) is 5.92 Å². The van der Waals surface area contributed by atoms with Gasteiger partial charge in [0.05, 0.1) is 5.92 Å². The van der Waals surface area contributed by atoms with Crippen LogP contribution in [0, 0.1) is 5.92 Å². The van der Waals surface area contributed by atoms with Crippen LogP contribution in [0.2, 0.25) is 0 Å². The van der Waals surface area contributed by atoms with Crippen LogP contribution in [0.1, 0.15) is 6.42 Å². The summed E-state index contributed by atoms with van der Waals surface area (Å²) in [6.45, 7) is 0.360. The van der Waals surface area contributed by atoms with Gasteiger partial charge in [0, 0.05) is 35.5 Å². The van der Waals surface area contributed by atoms with Crippen molar-refractivity contribution < 1.29 is 9.59 Å². The average molecular weight is 361 g/mol. The zero-order valence-electron chi connectivity index (χ0n) is 11.6. The van der Waals surface area contributed by atoms with E-state index >= 15 is 0 Å². The van der Waals surface area contributed by atoms with Gasteiger partial charge in [-0.2, -0.15) is 0 Å². The number of amides is 2. The summed E-state index contributed by atoms with van der Waals surface area (Å²) in [6.07, 6.45) is 3.29. The number of nitrogens with one attached hydrogen (secondary N) is 1. The monoisotopic (exact) mass is 360 g/mol. The summed E-state index contributed by atoms with van der Waals surface area (Å²) < 4.78 is 0.943. The molecule has 6 nitrogen and oxygen atoms in total. The van der Waals surface area contributed by atoms with Gasteiger partial charge in [0.1, 0.15) is 0 Å². The average Bonchev–Trinajstić information content (AvgIpc) is 2.91. The van der Waals surface area contributed by atoms with Crippen molar-refractivity contribution in [1.82, 2.24) is 9.97 Å². The van der Waals surface area contributed by atoms with E-state index in [1.807, 2.05) is 24.3 Å². The van der Waals surface area contributed by atoms with Crippen molar-refractivity contribution >= 4 is 39.4 Å². The number of anilines is 2. The lowest BCUT2D eigenvalue weighted by Gasteiger charge is -2.16. The number of hydrogen-bond donors (Lipinski definition) is 1. The second kappa shape index (κ2) is 6.23. The van der Waals surface area contributed by atoms with E-state index in [1.165, 1.54) is 0 Å². The van der Waals surface area contributed by atoms with Crippen LogP contribution in [0.15, 0.2) is 47.2 Å². The second-order valence-corrected chi connectivity index (χ2v) is 5.86. The highest BCUT2D eigenvalue weighted by molar-refractivity contribution is 9.10. The van der Waals surface area contributed by atoms with E-state index in [4.69, 9.17) is 0 Å². The Balaban J connectivity index is 1.69. The molecule has 1 aliphatic heterocycles. The molecule has 3 rings (SSSR count). The molecule has 1 atom stereocenters. The maximum atomic E-state index is 12.2. The van der Waals surface area contributed by atoms with Crippen LogP contribution in [0.4, 0.5) is 11.6 Å². The van der Waals surface area contributed by atoms with Crippen molar-refractivity contribution in [3.05, 3.63) is 47.2 Å². The Bertz CT molecular complexity index is 690. The molecule has 1 fully saturated rings. The maximum absolute atomic E-state index is 12.2. The van der Waals surface area contributed by atoms with Gasteiger partial charge in [-0.15, -0.1) is 0 Å². The molecule has 112 valence electrons. The van der Waals surface area contributed by atoms with Crippen LogP contribution in [0.5, 0.6) is 0 Å². The lowest BCUT2D eigenvalue weighted by atomic mass is 10.1. The van der Waals surface area contributed by atoms with Crippen molar-refractivity contribution in [1.29, 1.82) is 0 Å². The number of carbonyl (C=O) groups excluding carboxylic acids is 2. The van der Waals surface area contributed by atoms with Crippen LogP contribution in [0.3, 0.4) is 0 Å². The Morgan fingerprint density at radius 3 is 2.59 bits per heavy atom. The predicted octanol–water partition coefficient (Wildman–Crippen LogP) is 2.23. The summed E-state index contributed by atoms with van der Waals surface area (Å²) in [4.78, 5) is 33.9. The highest BCUT2D eigenvalue weighted by Gasteiger charge is 2.35. The molecule has 1 aromatic carbocycles. The van der Waals surface area contributed by atoms with Crippen LogP contribution in [0.25, 0.3) is 0 Å². The van der Waals surface area contributed by atoms with Gasteiger partial charge >= 0.3 is 0 Å². The van der Waals surface area contributed by atoms with Crippen molar-refractivity contribution in [2.45, 2.75) is 6.42 Å². The fourth-order valence-corrected chi connectivity index (χ4v) is 2.59. The zero-order valence-corrected chi connectivity index (χ0v) is 13.2. The van der Waals surface area contributed by atoms with Gasteiger partial charge in [-0.05, 0) is 30.3 Å². The van der Waals surface area contributed by atoms with E-state index < -0.39 is 5.92 Å². The molecule has 22 heavy (non-hydrogen) atoms. The number of benzene rings is 1. The van der Waals surface area contributed by atoms with Crippen LogP contribution < -0.4 is 10.2 Å². The van der Waals surface area contributed by atoms with Crippen molar-refractivity contribution in [3.63, 3.8) is 0 Å². The Labute approximate surface area is 135 Å². The third-order valence-corrected chi connectivity index (χ3v) is 3.96. The predicted molar refractivity (Wildman–Crippen MR) is 85.3 cm³/mol. The fourth-order valence-electron chi connectivity index (χ4n) is 2.33. The summed E-state index contributed by atoms with van der Waals surface area (Å²) in [7, 11) is 0. The molecule has 0 saturated carbocycles. The summed E-state index contributed by atoms with van der Waals surface area (Å²) in [6, 6.07) is 9.11. The summed E-state index contributed by atoms with van der Waals surface area (Å²) in [5.74, 6) is -0.447. The van der Waals surface area contributed by atoms with Crippen molar-refractivity contribution in [3.8, 4) is 0 Å². The van der Waals surface area contributed by atoms with Crippen LogP contribution in [-0.2, 0) is 9.59 Å². The molecule has 0 radical (unpaired) electrons. The number of aromatic nitrogens is 2. The largest absolute Gasteiger partial charge is 0.312 e. The SMILES string of the molecule is O=C(Nc1ncccn1)[C@H]1CC(=O)N(c2ccc(Br)cc2)C1. The number of halogens is 1. The van der Waals surface area contributed by atoms with Gasteiger partial charge < -0.3 is 4.90 Å². The van der Waals surface area contributed by atoms with Crippen LogP contribution in [-0.4, -0.2) is 28.3 Å². The lowest BCUT2D eigenvalue weighted by molar-refractivity contribution is -0.122. The first-order valence-electron chi connectivity index (χ1n) is 6.77. The molecule has 7 heteroatoms. The standard InChI is InChI=1S/C15H13BrN4O2/c16-11-2-4-12(5-3-11)20-9-10(8-13(20)21)14(22)19-15-17-6-1-7-18-15/h1-7,10H,8-9H2,(H,17,18,19,22)/t10-/m0/s1. The summed E-state index contributed by atoms with van der Waals surface area (Å²) >= 11 is 3.36. The highest BCUT2D eigenvalue weighted by atomic mass is 79.9. The molecule has 0 unspecified atom stereocenters. The van der Waals surface area contributed by atoms with Gasteiger partial charge in [0.25, 0.3) is 0 Å². The van der Waals surface area contributed by atoms with Gasteiger partial charge in [0.15, 0.2) is 0 Å². The van der Waals surface area contributed by atoms with E-state index in [9.17, 15) is 9.59 Å². The molecule has 0 bridgehead atoms. The van der Waals surface area contributed by atoms with Gasteiger partial charge in [-0.3, -0.25) is 14.9 Å². The molecule has 1 saturated heterocycles. The Kier molecular flexibility index (Phi) is 4.15. The van der Waals surface area contributed by atoms with E-state index in [1.54, 1.807) is 23.4 Å². The Morgan fingerprint density at radius 2 is 1.91 bits per heavy atom. The zero-order chi connectivity index (χ0) is 15.5. The molecule has 0 spiro atoms. The number of nitrogens with zero attached hydrogens (tertiary/aromatic N) is 3. The quantitative estimate of drug-likeness (QED) is 0.910.